The van der Waals surface area contributed by atoms with Gasteiger partial charge in [0, 0.05) is 30.1 Å². The van der Waals surface area contributed by atoms with E-state index in [1.54, 1.807) is 13.4 Å². The quantitative estimate of drug-likeness (QED) is 0.297. The maximum Gasteiger partial charge on any atom is 0.220 e. The monoisotopic (exact) mass is 470 g/mol. The third-order valence-electron chi connectivity index (χ3n) is 7.39. The predicted octanol–water partition coefficient (Wildman–Crippen LogP) is 6.66. The molecule has 5 heteroatoms. The van der Waals surface area contributed by atoms with Crippen molar-refractivity contribution in [1.82, 2.24) is 9.88 Å². The van der Waals surface area contributed by atoms with E-state index in [-0.39, 0.29) is 11.8 Å². The number of methoxy groups -OCH3 is 1. The second-order valence-corrected chi connectivity index (χ2v) is 9.64. The maximum atomic E-state index is 13.1. The fourth-order valence-electron chi connectivity index (χ4n) is 5.57. The molecule has 5 nitrogen and oxygen atoms in total. The molecular weight excluding hydrogens is 436 g/mol. The van der Waals surface area contributed by atoms with E-state index in [4.69, 9.17) is 9.15 Å². The van der Waals surface area contributed by atoms with Crippen molar-refractivity contribution in [2.45, 2.75) is 57.5 Å². The molecule has 1 aliphatic rings. The Morgan fingerprint density at radius 3 is 2.60 bits per heavy atom. The SMILES string of the molecule is COc1ccc(Cn2cc([C@H](CC(=O)NCc3ccco3)C3CCCCC3)c3ccccc32)cc1. The van der Waals surface area contributed by atoms with Gasteiger partial charge in [-0.25, -0.2) is 0 Å². The van der Waals surface area contributed by atoms with Crippen molar-refractivity contribution in [1.29, 1.82) is 0 Å². The number of carbonyl (C=O) groups is 1. The third kappa shape index (κ3) is 5.45. The van der Waals surface area contributed by atoms with Crippen molar-refractivity contribution in [3.8, 4) is 5.75 Å². The number of ether oxygens (including phenoxy) is 1. The predicted molar refractivity (Wildman–Crippen MR) is 139 cm³/mol. The van der Waals surface area contributed by atoms with Crippen LogP contribution in [-0.4, -0.2) is 17.6 Å². The molecule has 5 rings (SSSR count). The van der Waals surface area contributed by atoms with Gasteiger partial charge in [-0.3, -0.25) is 4.79 Å². The Morgan fingerprint density at radius 2 is 1.86 bits per heavy atom. The molecule has 0 unspecified atom stereocenters. The standard InChI is InChI=1S/C30H34N2O3/c1-34-24-15-13-22(14-16-24)20-32-21-28(26-11-5-6-12-29(26)32)27(23-8-3-2-4-9-23)18-30(33)31-19-25-10-7-17-35-25/h5-7,10-17,21,23,27H,2-4,8-9,18-20H2,1H3,(H,31,33)/t27-/m1/s1. The third-order valence-corrected chi connectivity index (χ3v) is 7.39. The lowest BCUT2D eigenvalue weighted by Gasteiger charge is -2.30. The highest BCUT2D eigenvalue weighted by Gasteiger charge is 2.29. The Labute approximate surface area is 207 Å². The number of nitrogens with zero attached hydrogens (tertiary/aromatic N) is 1. The molecule has 1 aliphatic carbocycles. The Morgan fingerprint density at radius 1 is 1.06 bits per heavy atom. The molecule has 1 N–H and O–H groups in total. The van der Waals surface area contributed by atoms with E-state index in [0.717, 1.165) is 18.1 Å². The van der Waals surface area contributed by atoms with Crippen LogP contribution in [0.25, 0.3) is 10.9 Å². The first kappa shape index (κ1) is 23.3. The summed E-state index contributed by atoms with van der Waals surface area (Å²) in [6.45, 7) is 1.22. The Balaban J connectivity index is 1.43. The minimum Gasteiger partial charge on any atom is -0.497 e. The first-order valence-electron chi connectivity index (χ1n) is 12.7. The highest BCUT2D eigenvalue weighted by molar-refractivity contribution is 5.86. The maximum absolute atomic E-state index is 13.1. The number of benzene rings is 2. The van der Waals surface area contributed by atoms with Gasteiger partial charge in [0.1, 0.15) is 11.5 Å². The fourth-order valence-corrected chi connectivity index (χ4v) is 5.57. The van der Waals surface area contributed by atoms with Crippen LogP contribution in [0, 0.1) is 5.92 Å². The minimum atomic E-state index is 0.0870. The van der Waals surface area contributed by atoms with Crippen LogP contribution in [-0.2, 0) is 17.9 Å². The van der Waals surface area contributed by atoms with E-state index >= 15 is 0 Å². The lowest BCUT2D eigenvalue weighted by Crippen LogP contribution is -2.27. The molecule has 2 aromatic carbocycles. The fraction of sp³-hybridized carbons (Fsp3) is 0.367. The summed E-state index contributed by atoms with van der Waals surface area (Å²) in [7, 11) is 1.69. The molecule has 1 amide bonds. The number of para-hydroxylation sites is 1. The number of hydrogen-bond acceptors (Lipinski definition) is 3. The van der Waals surface area contributed by atoms with Crippen molar-refractivity contribution in [2.75, 3.05) is 7.11 Å². The van der Waals surface area contributed by atoms with Crippen molar-refractivity contribution >= 4 is 16.8 Å². The molecule has 4 aromatic rings. The molecule has 0 bridgehead atoms. The summed E-state index contributed by atoms with van der Waals surface area (Å²) in [6.07, 6.45) is 10.6. The van der Waals surface area contributed by atoms with Gasteiger partial charge in [0.25, 0.3) is 0 Å². The summed E-state index contributed by atoms with van der Waals surface area (Å²) < 4.78 is 13.1. The molecule has 0 aliphatic heterocycles. The number of fused-ring (bicyclic) bond motifs is 1. The lowest BCUT2D eigenvalue weighted by molar-refractivity contribution is -0.122. The summed E-state index contributed by atoms with van der Waals surface area (Å²) in [4.78, 5) is 13.1. The summed E-state index contributed by atoms with van der Waals surface area (Å²) in [6, 6.07) is 20.6. The Kier molecular flexibility index (Phi) is 7.22. The van der Waals surface area contributed by atoms with Crippen LogP contribution in [0.1, 0.15) is 61.3 Å². The second kappa shape index (κ2) is 10.9. The van der Waals surface area contributed by atoms with Crippen molar-refractivity contribution in [2.24, 2.45) is 5.92 Å². The largest absolute Gasteiger partial charge is 0.497 e. The molecule has 0 saturated heterocycles. The van der Waals surface area contributed by atoms with Crippen LogP contribution >= 0.6 is 0 Å². The van der Waals surface area contributed by atoms with Crippen LogP contribution < -0.4 is 10.1 Å². The minimum absolute atomic E-state index is 0.0870. The van der Waals surface area contributed by atoms with E-state index < -0.39 is 0 Å². The first-order chi connectivity index (χ1) is 17.2. The lowest BCUT2D eigenvalue weighted by atomic mass is 9.75. The van der Waals surface area contributed by atoms with Gasteiger partial charge in [0.15, 0.2) is 0 Å². The van der Waals surface area contributed by atoms with Crippen LogP contribution in [0.4, 0.5) is 0 Å². The van der Waals surface area contributed by atoms with E-state index in [1.807, 2.05) is 24.3 Å². The van der Waals surface area contributed by atoms with E-state index in [2.05, 4.69) is 52.5 Å². The zero-order valence-electron chi connectivity index (χ0n) is 20.4. The van der Waals surface area contributed by atoms with Gasteiger partial charge < -0.3 is 19.0 Å². The highest BCUT2D eigenvalue weighted by Crippen LogP contribution is 2.41. The molecule has 2 aromatic heterocycles. The van der Waals surface area contributed by atoms with Crippen molar-refractivity contribution in [3.63, 3.8) is 0 Å². The Hall–Kier alpha value is -3.47. The van der Waals surface area contributed by atoms with Gasteiger partial charge >= 0.3 is 0 Å². The summed E-state index contributed by atoms with van der Waals surface area (Å²) in [5.74, 6) is 2.46. The number of carbonyl (C=O) groups excluding carboxylic acids is 1. The van der Waals surface area contributed by atoms with Gasteiger partial charge in [-0.1, -0.05) is 49.6 Å². The molecule has 0 radical (unpaired) electrons. The molecular formula is C30H34N2O3. The van der Waals surface area contributed by atoms with Crippen LogP contribution in [0.15, 0.2) is 77.5 Å². The second-order valence-electron chi connectivity index (χ2n) is 9.64. The molecule has 1 fully saturated rings. The van der Waals surface area contributed by atoms with E-state index in [9.17, 15) is 4.79 Å². The number of rotatable bonds is 9. The van der Waals surface area contributed by atoms with Crippen LogP contribution in [0.5, 0.6) is 5.75 Å². The average Bonchev–Trinajstić information content (AvgIpc) is 3.56. The zero-order chi connectivity index (χ0) is 24.0. The average molecular weight is 471 g/mol. The smallest absolute Gasteiger partial charge is 0.220 e. The molecule has 2 heterocycles. The van der Waals surface area contributed by atoms with E-state index in [1.165, 1.54) is 54.1 Å². The highest BCUT2D eigenvalue weighted by atomic mass is 16.5. The molecule has 182 valence electrons. The van der Waals surface area contributed by atoms with Gasteiger partial charge in [-0.05, 0) is 66.1 Å². The number of nitrogens with one attached hydrogen (secondary N) is 1. The normalized spacial score (nSPS) is 15.2. The molecule has 1 saturated carbocycles. The summed E-state index contributed by atoms with van der Waals surface area (Å²) in [5.41, 5.74) is 3.74. The summed E-state index contributed by atoms with van der Waals surface area (Å²) >= 11 is 0. The van der Waals surface area contributed by atoms with Gasteiger partial charge in [-0.2, -0.15) is 0 Å². The van der Waals surface area contributed by atoms with Gasteiger partial charge in [-0.15, -0.1) is 0 Å². The number of aromatic nitrogens is 1. The van der Waals surface area contributed by atoms with Gasteiger partial charge in [0.2, 0.25) is 5.91 Å². The first-order valence-corrected chi connectivity index (χ1v) is 12.7. The van der Waals surface area contributed by atoms with Gasteiger partial charge in [0.05, 0.1) is 19.9 Å². The number of furan rings is 1. The topological polar surface area (TPSA) is 56.4 Å². The zero-order valence-corrected chi connectivity index (χ0v) is 20.4. The van der Waals surface area contributed by atoms with Crippen molar-refractivity contribution in [3.05, 3.63) is 90.0 Å². The molecule has 0 spiro atoms. The van der Waals surface area contributed by atoms with Crippen LogP contribution in [0.3, 0.4) is 0 Å². The van der Waals surface area contributed by atoms with Crippen LogP contribution in [0.2, 0.25) is 0 Å². The number of hydrogen-bond donors (Lipinski definition) is 1. The Bertz CT molecular complexity index is 1230. The summed E-state index contributed by atoms with van der Waals surface area (Å²) in [5, 5.41) is 4.34. The number of amides is 1. The van der Waals surface area contributed by atoms with Crippen molar-refractivity contribution < 1.29 is 13.9 Å². The van der Waals surface area contributed by atoms with E-state index in [0.29, 0.717) is 18.9 Å². The molecule has 35 heavy (non-hydrogen) atoms. The molecule has 1 atom stereocenters.